The summed E-state index contributed by atoms with van der Waals surface area (Å²) in [7, 11) is 2.19. The number of hydrogen-bond donors (Lipinski definition) is 1. The van der Waals surface area contributed by atoms with E-state index in [-0.39, 0.29) is 0 Å². The van der Waals surface area contributed by atoms with Crippen molar-refractivity contribution in [2.24, 2.45) is 0 Å². The Balaban J connectivity index is 1.96. The van der Waals surface area contributed by atoms with Crippen LogP contribution in [0, 0.1) is 6.92 Å². The van der Waals surface area contributed by atoms with Crippen LogP contribution in [0.1, 0.15) is 56.3 Å². The molecule has 0 aliphatic rings. The first-order valence-electron chi connectivity index (χ1n) is 7.56. The van der Waals surface area contributed by atoms with Crippen molar-refractivity contribution in [1.82, 2.24) is 4.90 Å². The molecule has 110 valence electrons. The number of thiol groups is 1. The van der Waals surface area contributed by atoms with Gasteiger partial charge in [0.25, 0.3) is 0 Å². The highest BCUT2D eigenvalue weighted by atomic mass is 32.1. The Labute approximate surface area is 124 Å². The molecule has 0 aliphatic heterocycles. The van der Waals surface area contributed by atoms with E-state index in [1.165, 1.54) is 57.1 Å². The van der Waals surface area contributed by atoms with Crippen LogP contribution in [-0.2, 0) is 6.54 Å². The van der Waals surface area contributed by atoms with Gasteiger partial charge in [-0.1, -0.05) is 32.1 Å². The molecule has 0 atom stereocenters. The maximum absolute atomic E-state index is 5.32. The van der Waals surface area contributed by atoms with Crippen molar-refractivity contribution in [2.75, 3.05) is 19.3 Å². The molecular weight excluding hydrogens is 254 g/mol. The molecule has 0 saturated carbocycles. The Morgan fingerprint density at radius 2 is 1.68 bits per heavy atom. The molecule has 0 spiro atoms. The zero-order chi connectivity index (χ0) is 13.9. The molecule has 1 aromatic rings. The van der Waals surface area contributed by atoms with Crippen molar-refractivity contribution in [3.63, 3.8) is 0 Å². The highest BCUT2D eigenvalue weighted by Crippen LogP contribution is 2.12. The lowest BCUT2D eigenvalue weighted by atomic mass is 10.1. The van der Waals surface area contributed by atoms with E-state index in [0.717, 1.165) is 18.1 Å². The molecule has 19 heavy (non-hydrogen) atoms. The van der Waals surface area contributed by atoms with Gasteiger partial charge >= 0.3 is 0 Å². The van der Waals surface area contributed by atoms with Crippen molar-refractivity contribution in [3.05, 3.63) is 23.7 Å². The topological polar surface area (TPSA) is 16.4 Å². The van der Waals surface area contributed by atoms with E-state index in [0.29, 0.717) is 0 Å². The summed E-state index contributed by atoms with van der Waals surface area (Å²) in [6, 6.07) is 2.08. The number of hydrogen-bond acceptors (Lipinski definition) is 3. The van der Waals surface area contributed by atoms with Crippen LogP contribution in [0.4, 0.5) is 0 Å². The van der Waals surface area contributed by atoms with Gasteiger partial charge in [-0.15, -0.1) is 0 Å². The SMILES string of the molecule is Cc1occc1CN(C)CCCCCCCCCS. The van der Waals surface area contributed by atoms with Crippen LogP contribution in [0.2, 0.25) is 0 Å². The van der Waals surface area contributed by atoms with Crippen LogP contribution in [0.25, 0.3) is 0 Å². The summed E-state index contributed by atoms with van der Waals surface area (Å²) in [6.07, 6.45) is 11.2. The predicted octanol–water partition coefficient (Wildman–Crippen LogP) is 4.68. The third-order valence-corrected chi connectivity index (χ3v) is 3.92. The normalized spacial score (nSPS) is 11.4. The maximum atomic E-state index is 5.32. The average molecular weight is 283 g/mol. The van der Waals surface area contributed by atoms with Gasteiger partial charge in [0.05, 0.1) is 6.26 Å². The fraction of sp³-hybridized carbons (Fsp3) is 0.750. The van der Waals surface area contributed by atoms with Gasteiger partial charge < -0.3 is 9.32 Å². The third-order valence-electron chi connectivity index (χ3n) is 3.60. The molecule has 3 heteroatoms. The number of rotatable bonds is 11. The average Bonchev–Trinajstić information content (AvgIpc) is 2.78. The Morgan fingerprint density at radius 1 is 1.05 bits per heavy atom. The molecule has 0 radical (unpaired) electrons. The molecule has 2 nitrogen and oxygen atoms in total. The second-order valence-electron chi connectivity index (χ2n) is 5.44. The van der Waals surface area contributed by atoms with Crippen molar-refractivity contribution in [1.29, 1.82) is 0 Å². The Hall–Kier alpha value is -0.410. The molecule has 0 aromatic carbocycles. The molecular formula is C16H29NOS. The first kappa shape index (κ1) is 16.6. The zero-order valence-corrected chi connectivity index (χ0v) is 13.4. The monoisotopic (exact) mass is 283 g/mol. The lowest BCUT2D eigenvalue weighted by Gasteiger charge is -2.15. The Bertz CT molecular complexity index is 324. The minimum atomic E-state index is 1.00. The van der Waals surface area contributed by atoms with Crippen molar-refractivity contribution in [2.45, 2.75) is 58.4 Å². The van der Waals surface area contributed by atoms with Gasteiger partial charge in [0.2, 0.25) is 0 Å². The minimum Gasteiger partial charge on any atom is -0.469 e. The van der Waals surface area contributed by atoms with E-state index in [4.69, 9.17) is 4.42 Å². The smallest absolute Gasteiger partial charge is 0.105 e. The van der Waals surface area contributed by atoms with E-state index < -0.39 is 0 Å². The fourth-order valence-corrected chi connectivity index (χ4v) is 2.55. The highest BCUT2D eigenvalue weighted by Gasteiger charge is 2.04. The lowest BCUT2D eigenvalue weighted by Crippen LogP contribution is -2.19. The summed E-state index contributed by atoms with van der Waals surface area (Å²) in [4.78, 5) is 2.39. The largest absolute Gasteiger partial charge is 0.469 e. The van der Waals surface area contributed by atoms with Crippen LogP contribution in [0.3, 0.4) is 0 Å². The predicted molar refractivity (Wildman–Crippen MR) is 86.0 cm³/mol. The van der Waals surface area contributed by atoms with E-state index in [1.807, 2.05) is 6.92 Å². The minimum absolute atomic E-state index is 1.00. The zero-order valence-electron chi connectivity index (χ0n) is 12.5. The first-order chi connectivity index (χ1) is 9.24. The van der Waals surface area contributed by atoms with Crippen LogP contribution < -0.4 is 0 Å². The summed E-state index contributed by atoms with van der Waals surface area (Å²) in [5.41, 5.74) is 1.31. The summed E-state index contributed by atoms with van der Waals surface area (Å²) < 4.78 is 5.32. The van der Waals surface area contributed by atoms with Gasteiger partial charge in [-0.2, -0.15) is 12.6 Å². The standard InChI is InChI=1S/C16H29NOS/c1-15-16(10-12-18-15)14-17(2)11-8-6-4-3-5-7-9-13-19/h10,12,19H,3-9,11,13-14H2,1-2H3. The molecule has 0 N–H and O–H groups in total. The lowest BCUT2D eigenvalue weighted by molar-refractivity contribution is 0.314. The number of furan rings is 1. The second-order valence-corrected chi connectivity index (χ2v) is 5.89. The number of aryl methyl sites for hydroxylation is 1. The van der Waals surface area contributed by atoms with Crippen molar-refractivity contribution in [3.8, 4) is 0 Å². The fourth-order valence-electron chi connectivity index (χ4n) is 2.32. The summed E-state index contributed by atoms with van der Waals surface area (Å²) in [6.45, 7) is 4.22. The molecule has 0 amide bonds. The number of unbranched alkanes of at least 4 members (excludes halogenated alkanes) is 6. The van der Waals surface area contributed by atoms with Gasteiger partial charge in [-0.25, -0.2) is 0 Å². The van der Waals surface area contributed by atoms with Crippen LogP contribution in [0.15, 0.2) is 16.7 Å². The van der Waals surface area contributed by atoms with Crippen LogP contribution >= 0.6 is 12.6 Å². The molecule has 1 aromatic heterocycles. The van der Waals surface area contributed by atoms with E-state index in [1.54, 1.807) is 6.26 Å². The van der Waals surface area contributed by atoms with E-state index in [9.17, 15) is 0 Å². The molecule has 1 heterocycles. The molecule has 0 aliphatic carbocycles. The quantitative estimate of drug-likeness (QED) is 0.469. The van der Waals surface area contributed by atoms with Gasteiger partial charge in [0.15, 0.2) is 0 Å². The molecule has 0 fully saturated rings. The van der Waals surface area contributed by atoms with E-state index in [2.05, 4.69) is 30.6 Å². The number of nitrogens with zero attached hydrogens (tertiary/aromatic N) is 1. The van der Waals surface area contributed by atoms with Gasteiger partial charge in [0.1, 0.15) is 5.76 Å². The molecule has 0 unspecified atom stereocenters. The summed E-state index contributed by atoms with van der Waals surface area (Å²) in [5.74, 6) is 2.09. The summed E-state index contributed by atoms with van der Waals surface area (Å²) in [5, 5.41) is 0. The van der Waals surface area contributed by atoms with Crippen LogP contribution in [-0.4, -0.2) is 24.2 Å². The van der Waals surface area contributed by atoms with E-state index >= 15 is 0 Å². The second kappa shape index (κ2) is 10.4. The van der Waals surface area contributed by atoms with Crippen LogP contribution in [0.5, 0.6) is 0 Å². The molecule has 0 saturated heterocycles. The van der Waals surface area contributed by atoms with Gasteiger partial charge in [-0.3, -0.25) is 0 Å². The Kier molecular flexibility index (Phi) is 9.10. The molecule has 0 bridgehead atoms. The Morgan fingerprint density at radius 3 is 2.26 bits per heavy atom. The third kappa shape index (κ3) is 7.68. The maximum Gasteiger partial charge on any atom is 0.105 e. The molecule has 1 rings (SSSR count). The van der Waals surface area contributed by atoms with Gasteiger partial charge in [0, 0.05) is 12.1 Å². The van der Waals surface area contributed by atoms with Crippen molar-refractivity contribution < 1.29 is 4.42 Å². The summed E-state index contributed by atoms with van der Waals surface area (Å²) >= 11 is 4.23. The van der Waals surface area contributed by atoms with Gasteiger partial charge in [-0.05, 0) is 45.2 Å². The van der Waals surface area contributed by atoms with Crippen molar-refractivity contribution >= 4 is 12.6 Å². The highest BCUT2D eigenvalue weighted by molar-refractivity contribution is 7.80. The first-order valence-corrected chi connectivity index (χ1v) is 8.19.